The maximum atomic E-state index is 12.8. The molecule has 0 fully saturated rings. The van der Waals surface area contributed by atoms with Crippen LogP contribution in [0.4, 0.5) is 11.8 Å². The molecule has 0 unspecified atom stereocenters. The Hall–Kier alpha value is -4.67. The Morgan fingerprint density at radius 1 is 1.14 bits per heavy atom. The van der Waals surface area contributed by atoms with E-state index in [2.05, 4.69) is 20.4 Å². The highest BCUT2D eigenvalue weighted by molar-refractivity contribution is 5.83. The molecule has 4 rings (SSSR count). The Bertz CT molecular complexity index is 1590. The van der Waals surface area contributed by atoms with Gasteiger partial charge in [0.2, 0.25) is 5.95 Å². The van der Waals surface area contributed by atoms with Crippen molar-refractivity contribution in [1.29, 1.82) is 0 Å². The predicted molar refractivity (Wildman–Crippen MR) is 162 cm³/mol. The second kappa shape index (κ2) is 12.9. The first kappa shape index (κ1) is 30.3. The summed E-state index contributed by atoms with van der Waals surface area (Å²) in [6, 6.07) is 6.26. The molecule has 0 saturated carbocycles. The van der Waals surface area contributed by atoms with E-state index in [-0.39, 0.29) is 17.9 Å². The smallest absolute Gasteiger partial charge is 0.326 e. The van der Waals surface area contributed by atoms with Crippen LogP contribution >= 0.6 is 0 Å². The average molecular weight is 575 g/mol. The maximum absolute atomic E-state index is 12.8. The summed E-state index contributed by atoms with van der Waals surface area (Å²) in [5.74, 6) is 1.11. The molecule has 1 atom stereocenters. The number of aromatic amines is 1. The number of ether oxygens (including phenoxy) is 1. The molecule has 0 saturated heterocycles. The van der Waals surface area contributed by atoms with Crippen molar-refractivity contribution in [3.63, 3.8) is 0 Å². The molecule has 3 N–H and O–H groups in total. The van der Waals surface area contributed by atoms with Crippen LogP contribution in [0.1, 0.15) is 56.2 Å². The largest absolute Gasteiger partial charge is 0.496 e. The molecule has 3 heterocycles. The van der Waals surface area contributed by atoms with Gasteiger partial charge in [0, 0.05) is 43.0 Å². The number of carboxylic acids is 1. The van der Waals surface area contributed by atoms with Crippen LogP contribution in [0.3, 0.4) is 0 Å². The molecule has 11 nitrogen and oxygen atoms in total. The lowest BCUT2D eigenvalue weighted by molar-refractivity contribution is -0.137. The fraction of sp³-hybridized carbons (Fsp3) is 0.387. The van der Waals surface area contributed by atoms with Crippen LogP contribution in [0, 0.1) is 13.8 Å². The lowest BCUT2D eigenvalue weighted by atomic mass is 9.96. The van der Waals surface area contributed by atoms with Gasteiger partial charge in [0.15, 0.2) is 0 Å². The number of methoxy groups -OCH3 is 1. The molecule has 1 aromatic carbocycles. The Balaban J connectivity index is 1.68. The molecule has 0 aliphatic carbocycles. The van der Waals surface area contributed by atoms with E-state index in [1.165, 1.54) is 0 Å². The predicted octanol–water partition coefficient (Wildman–Crippen LogP) is 5.19. The zero-order valence-electron chi connectivity index (χ0n) is 25.1. The highest BCUT2D eigenvalue weighted by Crippen LogP contribution is 2.35. The van der Waals surface area contributed by atoms with Crippen molar-refractivity contribution in [2.75, 3.05) is 30.4 Å². The molecule has 11 heteroatoms. The minimum atomic E-state index is -1.03. The van der Waals surface area contributed by atoms with Crippen LogP contribution in [0.5, 0.6) is 5.75 Å². The highest BCUT2D eigenvalue weighted by atomic mass is 16.5. The molecule has 0 bridgehead atoms. The van der Waals surface area contributed by atoms with Crippen molar-refractivity contribution < 1.29 is 19.2 Å². The summed E-state index contributed by atoms with van der Waals surface area (Å²) in [5.41, 5.74) is 4.52. The van der Waals surface area contributed by atoms with E-state index in [4.69, 9.17) is 14.2 Å². The minimum Gasteiger partial charge on any atom is -0.496 e. The third-order valence-electron chi connectivity index (χ3n) is 7.32. The Kier molecular flexibility index (Phi) is 9.29. The summed E-state index contributed by atoms with van der Waals surface area (Å²) in [4.78, 5) is 39.3. The number of benzene rings is 1. The van der Waals surface area contributed by atoms with Crippen LogP contribution in [-0.2, 0) is 11.2 Å². The third kappa shape index (κ3) is 6.14. The fourth-order valence-electron chi connectivity index (χ4n) is 5.04. The second-order valence-corrected chi connectivity index (χ2v) is 10.4. The number of carbonyl (C=O) groups is 1. The number of aromatic nitrogens is 4. The monoisotopic (exact) mass is 574 g/mol. The Labute approximate surface area is 245 Å². The molecule has 4 aromatic rings. The number of nitrogens with one attached hydrogen (secondary N) is 2. The van der Waals surface area contributed by atoms with Crippen LogP contribution in [0.15, 0.2) is 46.0 Å². The van der Waals surface area contributed by atoms with E-state index in [0.717, 1.165) is 16.7 Å². The minimum absolute atomic E-state index is 0.150. The third-order valence-corrected chi connectivity index (χ3v) is 7.32. The zero-order chi connectivity index (χ0) is 30.6. The van der Waals surface area contributed by atoms with E-state index >= 15 is 0 Å². The van der Waals surface area contributed by atoms with Gasteiger partial charge in [-0.1, -0.05) is 43.3 Å². The van der Waals surface area contributed by atoms with Gasteiger partial charge in [-0.3, -0.25) is 4.79 Å². The van der Waals surface area contributed by atoms with Crippen molar-refractivity contribution in [2.24, 2.45) is 0 Å². The van der Waals surface area contributed by atoms with Crippen molar-refractivity contribution in [3.8, 4) is 28.0 Å². The fourth-order valence-corrected chi connectivity index (χ4v) is 5.04. The second-order valence-electron chi connectivity index (χ2n) is 10.4. The number of aryl methyl sites for hydroxylation is 2. The number of hydrogen-bond acceptors (Lipinski definition) is 9. The topological polar surface area (TPSA) is 146 Å². The van der Waals surface area contributed by atoms with E-state index in [1.54, 1.807) is 26.4 Å². The van der Waals surface area contributed by atoms with Gasteiger partial charge in [-0.2, -0.15) is 4.98 Å². The van der Waals surface area contributed by atoms with Gasteiger partial charge in [-0.25, -0.2) is 9.78 Å². The van der Waals surface area contributed by atoms with E-state index in [1.807, 2.05) is 63.8 Å². The van der Waals surface area contributed by atoms with Crippen LogP contribution in [-0.4, -0.2) is 57.4 Å². The Morgan fingerprint density at radius 3 is 2.38 bits per heavy atom. The van der Waals surface area contributed by atoms with Crippen molar-refractivity contribution in [2.45, 2.75) is 59.9 Å². The van der Waals surface area contributed by atoms with Crippen LogP contribution in [0.2, 0.25) is 0 Å². The molecule has 3 aromatic heterocycles. The van der Waals surface area contributed by atoms with Gasteiger partial charge in [-0.15, -0.1) is 0 Å². The summed E-state index contributed by atoms with van der Waals surface area (Å²) in [6.07, 6.45) is 3.53. The lowest BCUT2D eigenvalue weighted by Gasteiger charge is -2.22. The number of pyridine rings is 1. The summed E-state index contributed by atoms with van der Waals surface area (Å²) >= 11 is 0. The first-order valence-corrected chi connectivity index (χ1v) is 14.0. The number of aliphatic carboxylic acids is 1. The van der Waals surface area contributed by atoms with Crippen LogP contribution < -0.4 is 20.5 Å². The molecule has 0 aliphatic rings. The number of rotatable bonds is 12. The van der Waals surface area contributed by atoms with Crippen LogP contribution in [0.25, 0.3) is 22.3 Å². The average Bonchev–Trinajstić information content (AvgIpc) is 3.30. The first-order valence-electron chi connectivity index (χ1n) is 14.0. The quantitative estimate of drug-likeness (QED) is 0.207. The van der Waals surface area contributed by atoms with Gasteiger partial charge in [0.05, 0.1) is 23.9 Å². The summed E-state index contributed by atoms with van der Waals surface area (Å²) in [5, 5.41) is 17.4. The van der Waals surface area contributed by atoms with Gasteiger partial charge >= 0.3 is 5.97 Å². The first-order chi connectivity index (χ1) is 20.1. The lowest BCUT2D eigenvalue weighted by Crippen LogP contribution is -2.33. The SMILES string of the molecule is CCN(CC)c1ncc(-c2c(C)noc2C)c(N[C@@H](Cc2ccc(-c3c(OC)c(C(C)C)c[nH]c3=O)cc2)C(=O)O)n1. The zero-order valence-corrected chi connectivity index (χ0v) is 25.1. The molecular weight excluding hydrogens is 536 g/mol. The number of nitrogens with zero attached hydrogens (tertiary/aromatic N) is 4. The van der Waals surface area contributed by atoms with Gasteiger partial charge in [-0.05, 0) is 44.7 Å². The molecule has 0 aliphatic heterocycles. The summed E-state index contributed by atoms with van der Waals surface area (Å²) < 4.78 is 11.0. The van der Waals surface area contributed by atoms with Crippen molar-refractivity contribution in [1.82, 2.24) is 20.1 Å². The van der Waals surface area contributed by atoms with E-state index < -0.39 is 12.0 Å². The van der Waals surface area contributed by atoms with Gasteiger partial charge in [0.1, 0.15) is 23.4 Å². The highest BCUT2D eigenvalue weighted by Gasteiger charge is 2.25. The van der Waals surface area contributed by atoms with E-state index in [0.29, 0.717) is 58.7 Å². The number of H-pyrrole nitrogens is 1. The standard InChI is InChI=1S/C31H38N6O5/c1-8-37(9-2)31-33-16-23(25-18(5)36-42-19(25)6)28(35-31)34-24(30(39)40)14-20-10-12-21(13-11-20)26-27(41-7)22(17(3)4)15-32-29(26)38/h10-13,15-17,24H,8-9,14H2,1-7H3,(H,32,38)(H,39,40)(H,33,34,35)/t24-/m0/s1. The molecule has 0 radical (unpaired) electrons. The molecular formula is C31H38N6O5. The molecule has 0 amide bonds. The molecule has 42 heavy (non-hydrogen) atoms. The number of carboxylic acid groups (broad SMARTS) is 1. The summed E-state index contributed by atoms with van der Waals surface area (Å²) in [6.45, 7) is 13.1. The Morgan fingerprint density at radius 2 is 1.83 bits per heavy atom. The summed E-state index contributed by atoms with van der Waals surface area (Å²) in [7, 11) is 1.55. The molecule has 0 spiro atoms. The maximum Gasteiger partial charge on any atom is 0.326 e. The number of anilines is 2. The molecule has 222 valence electrons. The van der Waals surface area contributed by atoms with E-state index in [9.17, 15) is 14.7 Å². The number of hydrogen-bond donors (Lipinski definition) is 3. The van der Waals surface area contributed by atoms with Gasteiger partial charge < -0.3 is 29.6 Å². The van der Waals surface area contributed by atoms with Crippen molar-refractivity contribution in [3.05, 3.63) is 69.6 Å². The normalized spacial score (nSPS) is 11.9. The van der Waals surface area contributed by atoms with Gasteiger partial charge in [0.25, 0.3) is 5.56 Å². The van der Waals surface area contributed by atoms with Crippen molar-refractivity contribution >= 4 is 17.7 Å².